The molecule has 0 aromatic heterocycles. The van der Waals surface area contributed by atoms with E-state index in [0.717, 1.165) is 18.9 Å². The molecule has 3 unspecified atom stereocenters. The summed E-state index contributed by atoms with van der Waals surface area (Å²) in [5, 5.41) is 13.4. The Bertz CT molecular complexity index is 178. The van der Waals surface area contributed by atoms with Crippen molar-refractivity contribution in [1.82, 2.24) is 5.32 Å². The Balaban J connectivity index is 2.11. The summed E-state index contributed by atoms with van der Waals surface area (Å²) in [4.78, 5) is 0. The highest BCUT2D eigenvalue weighted by atomic mass is 16.3. The van der Waals surface area contributed by atoms with Gasteiger partial charge in [0.05, 0.1) is 6.10 Å². The van der Waals surface area contributed by atoms with E-state index in [2.05, 4.69) is 26.1 Å². The van der Waals surface area contributed by atoms with E-state index in [9.17, 15) is 5.11 Å². The van der Waals surface area contributed by atoms with E-state index in [1.54, 1.807) is 0 Å². The van der Waals surface area contributed by atoms with Crippen LogP contribution in [-0.2, 0) is 0 Å². The van der Waals surface area contributed by atoms with E-state index < -0.39 is 0 Å². The van der Waals surface area contributed by atoms with Gasteiger partial charge >= 0.3 is 0 Å². The smallest absolute Gasteiger partial charge is 0.0667 e. The monoisotopic (exact) mass is 227 g/mol. The predicted octanol–water partition coefficient (Wildman–Crippen LogP) is 2.95. The molecule has 3 atom stereocenters. The van der Waals surface area contributed by atoms with Crippen LogP contribution in [0.5, 0.6) is 0 Å². The maximum Gasteiger partial charge on any atom is 0.0667 e. The SMILES string of the molecule is CCC(C)C(C)NCC(O)CC1CCCC1. The predicted molar refractivity (Wildman–Crippen MR) is 69.5 cm³/mol. The van der Waals surface area contributed by atoms with E-state index >= 15 is 0 Å². The number of nitrogens with one attached hydrogen (secondary N) is 1. The van der Waals surface area contributed by atoms with Crippen LogP contribution in [-0.4, -0.2) is 23.8 Å². The van der Waals surface area contributed by atoms with Crippen molar-refractivity contribution < 1.29 is 5.11 Å². The Labute approximate surface area is 101 Å². The number of aliphatic hydroxyl groups excluding tert-OH is 1. The van der Waals surface area contributed by atoms with Crippen LogP contribution in [0.1, 0.15) is 59.3 Å². The highest BCUT2D eigenvalue weighted by Gasteiger charge is 2.19. The van der Waals surface area contributed by atoms with Crippen LogP contribution >= 0.6 is 0 Å². The molecular weight excluding hydrogens is 198 g/mol. The van der Waals surface area contributed by atoms with Crippen molar-refractivity contribution in [3.8, 4) is 0 Å². The molecule has 0 aliphatic heterocycles. The number of hydrogen-bond donors (Lipinski definition) is 2. The van der Waals surface area contributed by atoms with Crippen LogP contribution in [0.3, 0.4) is 0 Å². The molecule has 1 rings (SSSR count). The van der Waals surface area contributed by atoms with Gasteiger partial charge in [-0.05, 0) is 25.2 Å². The van der Waals surface area contributed by atoms with Gasteiger partial charge in [-0.3, -0.25) is 0 Å². The van der Waals surface area contributed by atoms with E-state index in [1.165, 1.54) is 32.1 Å². The summed E-state index contributed by atoms with van der Waals surface area (Å²) in [5.74, 6) is 1.48. The molecule has 2 heteroatoms. The molecular formula is C14H29NO. The lowest BCUT2D eigenvalue weighted by atomic mass is 9.98. The van der Waals surface area contributed by atoms with Gasteiger partial charge in [-0.1, -0.05) is 46.0 Å². The molecule has 16 heavy (non-hydrogen) atoms. The third kappa shape index (κ3) is 4.84. The maximum absolute atomic E-state index is 9.95. The first-order valence-corrected chi connectivity index (χ1v) is 7.05. The number of rotatable bonds is 7. The minimum atomic E-state index is -0.144. The summed E-state index contributed by atoms with van der Waals surface area (Å²) in [7, 11) is 0. The molecule has 0 aromatic carbocycles. The van der Waals surface area contributed by atoms with Crippen molar-refractivity contribution in [3.63, 3.8) is 0 Å². The Morgan fingerprint density at radius 3 is 2.44 bits per heavy atom. The third-order valence-corrected chi connectivity index (χ3v) is 4.25. The quantitative estimate of drug-likeness (QED) is 0.701. The van der Waals surface area contributed by atoms with E-state index in [1.807, 2.05) is 0 Å². The zero-order valence-electron chi connectivity index (χ0n) is 11.2. The van der Waals surface area contributed by atoms with Crippen molar-refractivity contribution in [2.24, 2.45) is 11.8 Å². The Morgan fingerprint density at radius 1 is 1.25 bits per heavy atom. The molecule has 0 spiro atoms. The highest BCUT2D eigenvalue weighted by Crippen LogP contribution is 2.28. The standard InChI is InChI=1S/C14H29NO/c1-4-11(2)12(3)15-10-14(16)9-13-7-5-6-8-13/h11-16H,4-10H2,1-3H3. The van der Waals surface area contributed by atoms with Crippen LogP contribution in [0.25, 0.3) is 0 Å². The third-order valence-electron chi connectivity index (χ3n) is 4.25. The molecule has 0 bridgehead atoms. The van der Waals surface area contributed by atoms with Crippen molar-refractivity contribution in [2.45, 2.75) is 71.4 Å². The lowest BCUT2D eigenvalue weighted by Crippen LogP contribution is -2.38. The second kappa shape index (κ2) is 7.29. The second-order valence-electron chi connectivity index (χ2n) is 5.62. The minimum Gasteiger partial charge on any atom is -0.392 e. The summed E-state index contributed by atoms with van der Waals surface area (Å²) in [6.45, 7) is 7.47. The zero-order valence-corrected chi connectivity index (χ0v) is 11.2. The average molecular weight is 227 g/mol. The maximum atomic E-state index is 9.95. The zero-order chi connectivity index (χ0) is 12.0. The van der Waals surface area contributed by atoms with E-state index in [4.69, 9.17) is 0 Å². The molecule has 0 aromatic rings. The summed E-state index contributed by atoms with van der Waals surface area (Å²) < 4.78 is 0. The molecule has 0 radical (unpaired) electrons. The largest absolute Gasteiger partial charge is 0.392 e. The van der Waals surface area contributed by atoms with Crippen molar-refractivity contribution in [2.75, 3.05) is 6.54 Å². The normalized spacial score (nSPS) is 23.2. The number of hydrogen-bond acceptors (Lipinski definition) is 2. The van der Waals surface area contributed by atoms with Crippen LogP contribution in [0.2, 0.25) is 0 Å². The number of aliphatic hydroxyl groups is 1. The Morgan fingerprint density at radius 2 is 1.88 bits per heavy atom. The molecule has 1 saturated carbocycles. The molecule has 1 aliphatic carbocycles. The summed E-state index contributed by atoms with van der Waals surface area (Å²) >= 11 is 0. The summed E-state index contributed by atoms with van der Waals surface area (Å²) in [6, 6.07) is 0.517. The van der Waals surface area contributed by atoms with E-state index in [-0.39, 0.29) is 6.10 Å². The molecule has 0 amide bonds. The molecule has 96 valence electrons. The Kier molecular flexibility index (Phi) is 6.37. The fourth-order valence-electron chi connectivity index (χ4n) is 2.59. The molecule has 2 N–H and O–H groups in total. The van der Waals surface area contributed by atoms with Crippen molar-refractivity contribution >= 4 is 0 Å². The first kappa shape index (κ1) is 14.0. The molecule has 1 aliphatic rings. The van der Waals surface area contributed by atoms with Gasteiger partial charge < -0.3 is 10.4 Å². The first-order chi connectivity index (χ1) is 7.63. The molecule has 2 nitrogen and oxygen atoms in total. The lowest BCUT2D eigenvalue weighted by Gasteiger charge is -2.23. The molecule has 0 saturated heterocycles. The van der Waals surface area contributed by atoms with Crippen molar-refractivity contribution in [1.29, 1.82) is 0 Å². The first-order valence-electron chi connectivity index (χ1n) is 7.05. The van der Waals surface area contributed by atoms with Crippen LogP contribution < -0.4 is 5.32 Å². The summed E-state index contributed by atoms with van der Waals surface area (Å²) in [5.41, 5.74) is 0. The van der Waals surface area contributed by atoms with Gasteiger partial charge in [0, 0.05) is 12.6 Å². The van der Waals surface area contributed by atoms with Gasteiger partial charge in [0.1, 0.15) is 0 Å². The van der Waals surface area contributed by atoms with E-state index in [0.29, 0.717) is 12.0 Å². The fourth-order valence-corrected chi connectivity index (χ4v) is 2.59. The van der Waals surface area contributed by atoms with Gasteiger partial charge in [-0.25, -0.2) is 0 Å². The average Bonchev–Trinajstić information content (AvgIpc) is 2.77. The lowest BCUT2D eigenvalue weighted by molar-refractivity contribution is 0.134. The van der Waals surface area contributed by atoms with Crippen molar-refractivity contribution in [3.05, 3.63) is 0 Å². The minimum absolute atomic E-state index is 0.144. The second-order valence-corrected chi connectivity index (χ2v) is 5.62. The molecule has 1 fully saturated rings. The van der Waals surface area contributed by atoms with Gasteiger partial charge in [-0.15, -0.1) is 0 Å². The van der Waals surface area contributed by atoms with Gasteiger partial charge in [0.25, 0.3) is 0 Å². The Hall–Kier alpha value is -0.0800. The topological polar surface area (TPSA) is 32.3 Å². The van der Waals surface area contributed by atoms with Gasteiger partial charge in [0.15, 0.2) is 0 Å². The molecule has 0 heterocycles. The summed E-state index contributed by atoms with van der Waals surface area (Å²) in [6.07, 6.45) is 7.46. The fraction of sp³-hybridized carbons (Fsp3) is 1.00. The highest BCUT2D eigenvalue weighted by molar-refractivity contribution is 4.74. The van der Waals surface area contributed by atoms with Crippen LogP contribution in [0.15, 0.2) is 0 Å². The van der Waals surface area contributed by atoms with Crippen LogP contribution in [0.4, 0.5) is 0 Å². The van der Waals surface area contributed by atoms with Gasteiger partial charge in [0.2, 0.25) is 0 Å². The van der Waals surface area contributed by atoms with Crippen LogP contribution in [0, 0.1) is 11.8 Å². The van der Waals surface area contributed by atoms with Gasteiger partial charge in [-0.2, -0.15) is 0 Å².